The van der Waals surface area contributed by atoms with Gasteiger partial charge in [-0.15, -0.1) is 0 Å². The summed E-state index contributed by atoms with van der Waals surface area (Å²) in [5.41, 5.74) is 3.20. The minimum absolute atomic E-state index is 0.156. The van der Waals surface area contributed by atoms with Crippen molar-refractivity contribution in [2.45, 2.75) is 43.6 Å². The zero-order valence-corrected chi connectivity index (χ0v) is 22.8. The molecule has 0 heterocycles. The van der Waals surface area contributed by atoms with Crippen molar-refractivity contribution in [3.63, 3.8) is 0 Å². The Hall–Kier alpha value is -3.83. The molecular weight excluding hydrogens is 490 g/mol. The van der Waals surface area contributed by atoms with Crippen LogP contribution in [0.5, 0.6) is 0 Å². The maximum atomic E-state index is 14.3. The van der Waals surface area contributed by atoms with E-state index in [1.54, 1.807) is 20.8 Å². The highest BCUT2D eigenvalue weighted by Gasteiger charge is 2.41. The van der Waals surface area contributed by atoms with Crippen LogP contribution in [0.2, 0.25) is 0 Å². The summed E-state index contributed by atoms with van der Waals surface area (Å²) in [5.74, 6) is 0. The smallest absolute Gasteiger partial charge is 0.408 e. The molecule has 0 aliphatic carbocycles. The van der Waals surface area contributed by atoms with Gasteiger partial charge in [0.2, 0.25) is 5.12 Å². The first kappa shape index (κ1) is 27.2. The zero-order chi connectivity index (χ0) is 27.0. The van der Waals surface area contributed by atoms with E-state index in [9.17, 15) is 9.59 Å². The highest BCUT2D eigenvalue weighted by molar-refractivity contribution is 8.14. The van der Waals surface area contributed by atoms with Crippen molar-refractivity contribution in [2.24, 2.45) is 0 Å². The molecule has 0 bridgehead atoms. The maximum Gasteiger partial charge on any atom is 0.408 e. The summed E-state index contributed by atoms with van der Waals surface area (Å²) in [6.07, 6.45) is -0.266. The minimum atomic E-state index is -0.828. The molecule has 194 valence electrons. The van der Waals surface area contributed by atoms with Gasteiger partial charge in [0, 0.05) is 6.42 Å². The van der Waals surface area contributed by atoms with E-state index in [1.165, 1.54) is 11.8 Å². The zero-order valence-electron chi connectivity index (χ0n) is 22.0. The van der Waals surface area contributed by atoms with Crippen molar-refractivity contribution in [1.82, 2.24) is 5.32 Å². The number of rotatable bonds is 8. The van der Waals surface area contributed by atoms with Gasteiger partial charge in [0.25, 0.3) is 0 Å². The normalized spacial score (nSPS) is 12.4. The summed E-state index contributed by atoms with van der Waals surface area (Å²) in [5, 5.41) is 2.71. The Morgan fingerprint density at radius 1 is 0.684 bits per heavy atom. The molecule has 0 aliphatic heterocycles. The second-order valence-electron chi connectivity index (χ2n) is 10.1. The lowest BCUT2D eigenvalue weighted by Crippen LogP contribution is -2.45. The second-order valence-corrected chi connectivity index (χ2v) is 11.3. The van der Waals surface area contributed by atoms with Crippen molar-refractivity contribution in [3.05, 3.63) is 144 Å². The third kappa shape index (κ3) is 6.73. The summed E-state index contributed by atoms with van der Waals surface area (Å²) in [6.45, 7) is 5.42. The lowest BCUT2D eigenvalue weighted by atomic mass is 9.84. The van der Waals surface area contributed by atoms with Gasteiger partial charge in [-0.2, -0.15) is 0 Å². The van der Waals surface area contributed by atoms with Crippen LogP contribution in [-0.2, 0) is 20.7 Å². The third-order valence-corrected chi connectivity index (χ3v) is 7.55. The predicted molar refractivity (Wildman–Crippen MR) is 155 cm³/mol. The number of carbonyl (C=O) groups excluding carboxylic acids is 2. The fourth-order valence-corrected chi connectivity index (χ4v) is 5.76. The Morgan fingerprint density at radius 2 is 1.08 bits per heavy atom. The molecule has 4 aromatic carbocycles. The number of hydrogen-bond donors (Lipinski definition) is 1. The van der Waals surface area contributed by atoms with Gasteiger partial charge in [0.15, 0.2) is 0 Å². The van der Waals surface area contributed by atoms with Crippen LogP contribution >= 0.6 is 11.8 Å². The largest absolute Gasteiger partial charge is 0.444 e. The van der Waals surface area contributed by atoms with Gasteiger partial charge in [0.1, 0.15) is 11.6 Å². The third-order valence-electron chi connectivity index (χ3n) is 6.05. The molecule has 38 heavy (non-hydrogen) atoms. The molecule has 0 radical (unpaired) electrons. The molecule has 4 aromatic rings. The minimum Gasteiger partial charge on any atom is -0.444 e. The molecule has 1 amide bonds. The molecule has 0 aromatic heterocycles. The summed E-state index contributed by atoms with van der Waals surface area (Å²) >= 11 is 1.23. The molecule has 0 saturated heterocycles. The molecule has 0 aliphatic rings. The van der Waals surface area contributed by atoms with Crippen LogP contribution in [0.1, 0.15) is 43.0 Å². The van der Waals surface area contributed by atoms with E-state index < -0.39 is 22.5 Å². The van der Waals surface area contributed by atoms with Crippen LogP contribution in [0, 0.1) is 0 Å². The van der Waals surface area contributed by atoms with Gasteiger partial charge in [-0.25, -0.2) is 4.79 Å². The van der Waals surface area contributed by atoms with Crippen LogP contribution in [0.25, 0.3) is 0 Å². The van der Waals surface area contributed by atoms with E-state index in [2.05, 4.69) is 5.32 Å². The highest BCUT2D eigenvalue weighted by Crippen LogP contribution is 2.49. The van der Waals surface area contributed by atoms with Gasteiger partial charge in [-0.05, 0) is 43.0 Å². The lowest BCUT2D eigenvalue weighted by molar-refractivity contribution is -0.112. The number of benzene rings is 4. The fourth-order valence-electron chi connectivity index (χ4n) is 4.41. The van der Waals surface area contributed by atoms with Crippen LogP contribution < -0.4 is 5.32 Å². The fraction of sp³-hybridized carbons (Fsp3) is 0.212. The first-order valence-electron chi connectivity index (χ1n) is 12.7. The Bertz CT molecular complexity index is 1220. The van der Waals surface area contributed by atoms with Gasteiger partial charge in [-0.1, -0.05) is 133 Å². The number of alkyl carbamates (subject to hydrolysis) is 1. The monoisotopic (exact) mass is 523 g/mol. The standard InChI is InChI=1S/C33H33NO3S/c1-32(2,3)37-31(36)34-29(24-25-16-8-4-9-17-25)30(35)38-33(26-18-10-5-11-19-26,27-20-12-6-13-21-27)28-22-14-7-15-23-28/h4-23,29H,24H2,1-3H3,(H,34,36)/t29-/m0/s1. The quantitative estimate of drug-likeness (QED) is 0.245. The average Bonchev–Trinajstić information content (AvgIpc) is 2.92. The molecule has 4 nitrogen and oxygen atoms in total. The van der Waals surface area contributed by atoms with Crippen molar-refractivity contribution in [2.75, 3.05) is 0 Å². The van der Waals surface area contributed by atoms with Crippen LogP contribution in [0.4, 0.5) is 4.79 Å². The summed E-state index contributed by atoms with van der Waals surface area (Å²) < 4.78 is 4.70. The number of ether oxygens (including phenoxy) is 1. The number of carbonyl (C=O) groups is 2. The van der Waals surface area contributed by atoms with E-state index in [-0.39, 0.29) is 5.12 Å². The average molecular weight is 524 g/mol. The van der Waals surface area contributed by atoms with Crippen molar-refractivity contribution in [1.29, 1.82) is 0 Å². The molecule has 0 saturated carbocycles. The first-order chi connectivity index (χ1) is 18.3. The predicted octanol–water partition coefficient (Wildman–Crippen LogP) is 7.37. The van der Waals surface area contributed by atoms with Gasteiger partial charge < -0.3 is 10.1 Å². The summed E-state index contributed by atoms with van der Waals surface area (Å²) in [6, 6.07) is 39.0. The lowest BCUT2D eigenvalue weighted by Gasteiger charge is -2.35. The van der Waals surface area contributed by atoms with Crippen molar-refractivity contribution < 1.29 is 14.3 Å². The molecule has 0 spiro atoms. The molecule has 1 N–H and O–H groups in total. The van der Waals surface area contributed by atoms with Gasteiger partial charge >= 0.3 is 6.09 Å². The first-order valence-corrected chi connectivity index (χ1v) is 13.5. The van der Waals surface area contributed by atoms with E-state index in [4.69, 9.17) is 4.74 Å². The number of hydrogen-bond acceptors (Lipinski definition) is 4. The number of nitrogens with one attached hydrogen (secondary N) is 1. The molecular formula is C33H33NO3S. The molecule has 1 atom stereocenters. The topological polar surface area (TPSA) is 55.4 Å². The van der Waals surface area contributed by atoms with Crippen LogP contribution in [0.3, 0.4) is 0 Å². The molecule has 5 heteroatoms. The summed E-state index contributed by atoms with van der Waals surface area (Å²) in [4.78, 5) is 27.1. The Kier molecular flexibility index (Phi) is 8.70. The molecule has 4 rings (SSSR count). The Morgan fingerprint density at radius 3 is 1.47 bits per heavy atom. The van der Waals surface area contributed by atoms with Gasteiger partial charge in [-0.3, -0.25) is 4.79 Å². The number of amides is 1. The van der Waals surface area contributed by atoms with E-state index in [0.717, 1.165) is 22.3 Å². The van der Waals surface area contributed by atoms with Gasteiger partial charge in [0.05, 0.1) is 4.75 Å². The second kappa shape index (κ2) is 12.1. The van der Waals surface area contributed by atoms with E-state index in [1.807, 2.05) is 121 Å². The highest BCUT2D eigenvalue weighted by atomic mass is 32.2. The van der Waals surface area contributed by atoms with Crippen LogP contribution in [0.15, 0.2) is 121 Å². The summed E-state index contributed by atoms with van der Waals surface area (Å²) in [7, 11) is 0. The SMILES string of the molecule is CC(C)(C)OC(=O)N[C@@H](Cc1ccccc1)C(=O)SC(c1ccccc1)(c1ccccc1)c1ccccc1. The molecule has 0 fully saturated rings. The van der Waals surface area contributed by atoms with E-state index >= 15 is 0 Å². The van der Waals surface area contributed by atoms with Crippen LogP contribution in [-0.4, -0.2) is 22.9 Å². The van der Waals surface area contributed by atoms with E-state index in [0.29, 0.717) is 6.42 Å². The Labute approximate surface area is 229 Å². The number of thioether (sulfide) groups is 1. The van der Waals surface area contributed by atoms with Crippen molar-refractivity contribution >= 4 is 23.0 Å². The maximum absolute atomic E-state index is 14.3. The van der Waals surface area contributed by atoms with Crippen molar-refractivity contribution in [3.8, 4) is 0 Å². The Balaban J connectivity index is 1.79. The molecule has 0 unspecified atom stereocenters.